The number of hydrogen-bond acceptors (Lipinski definition) is 2. The van der Waals surface area contributed by atoms with E-state index in [2.05, 4.69) is 30.2 Å². The molecule has 0 bridgehead atoms. The topological polar surface area (TPSA) is 24.9 Å². The van der Waals surface area contributed by atoms with E-state index in [1.165, 1.54) is 18.4 Å². The van der Waals surface area contributed by atoms with Crippen LogP contribution in [0.1, 0.15) is 32.3 Å². The molecule has 1 aromatic rings. The third kappa shape index (κ3) is 1.73. The van der Waals surface area contributed by atoms with E-state index in [1.807, 2.05) is 18.5 Å². The number of rotatable bonds is 3. The van der Waals surface area contributed by atoms with Gasteiger partial charge in [0.05, 0.1) is 0 Å². The van der Waals surface area contributed by atoms with E-state index < -0.39 is 0 Å². The molecule has 2 rings (SSSR count). The Morgan fingerprint density at radius 1 is 1.46 bits per heavy atom. The zero-order valence-electron chi connectivity index (χ0n) is 8.25. The van der Waals surface area contributed by atoms with Crippen LogP contribution >= 0.6 is 0 Å². The Hall–Kier alpha value is -0.890. The second-order valence-corrected chi connectivity index (χ2v) is 4.12. The minimum absolute atomic E-state index is 0.252. The van der Waals surface area contributed by atoms with Crippen molar-refractivity contribution < 1.29 is 0 Å². The lowest BCUT2D eigenvalue weighted by Gasteiger charge is -2.20. The molecule has 0 atom stereocenters. The van der Waals surface area contributed by atoms with Gasteiger partial charge in [0.15, 0.2) is 0 Å². The van der Waals surface area contributed by atoms with Crippen molar-refractivity contribution >= 4 is 0 Å². The first kappa shape index (κ1) is 8.70. The molecule has 1 aliphatic rings. The number of nitrogens with zero attached hydrogens (tertiary/aromatic N) is 1. The Kier molecular flexibility index (Phi) is 2.08. The fourth-order valence-corrected chi connectivity index (χ4v) is 1.84. The molecule has 1 aromatic heterocycles. The van der Waals surface area contributed by atoms with Gasteiger partial charge in [0.25, 0.3) is 0 Å². The summed E-state index contributed by atoms with van der Waals surface area (Å²) in [5, 5.41) is 3.61. The normalized spacial score (nSPS) is 19.0. The predicted molar refractivity (Wildman–Crippen MR) is 53.4 cm³/mol. The van der Waals surface area contributed by atoms with E-state index in [4.69, 9.17) is 0 Å². The van der Waals surface area contributed by atoms with Crippen LogP contribution < -0.4 is 5.32 Å². The second-order valence-electron chi connectivity index (χ2n) is 4.12. The van der Waals surface area contributed by atoms with Crippen LogP contribution in [0.3, 0.4) is 0 Å². The van der Waals surface area contributed by atoms with Crippen LogP contribution in [0.5, 0.6) is 0 Å². The van der Waals surface area contributed by atoms with Crippen LogP contribution in [0.2, 0.25) is 0 Å². The zero-order valence-corrected chi connectivity index (χ0v) is 8.25. The van der Waals surface area contributed by atoms with Gasteiger partial charge in [0, 0.05) is 24.0 Å². The SMILES string of the molecule is CC(C)NC1(c2cccnc2)CC1. The maximum atomic E-state index is 4.16. The third-order valence-electron chi connectivity index (χ3n) is 2.53. The molecule has 70 valence electrons. The molecule has 0 spiro atoms. The highest BCUT2D eigenvalue weighted by Crippen LogP contribution is 2.45. The second kappa shape index (κ2) is 3.11. The highest BCUT2D eigenvalue weighted by Gasteiger charge is 2.44. The molecule has 1 heterocycles. The van der Waals surface area contributed by atoms with Crippen molar-refractivity contribution in [1.82, 2.24) is 10.3 Å². The Bertz CT molecular complexity index is 275. The summed E-state index contributed by atoms with van der Waals surface area (Å²) >= 11 is 0. The summed E-state index contributed by atoms with van der Waals surface area (Å²) in [6.45, 7) is 4.38. The number of hydrogen-bond donors (Lipinski definition) is 1. The van der Waals surface area contributed by atoms with Crippen molar-refractivity contribution in [1.29, 1.82) is 0 Å². The maximum Gasteiger partial charge on any atom is 0.0453 e. The van der Waals surface area contributed by atoms with Crippen molar-refractivity contribution in [3.05, 3.63) is 30.1 Å². The lowest BCUT2D eigenvalue weighted by atomic mass is 10.1. The molecule has 1 aliphatic carbocycles. The van der Waals surface area contributed by atoms with Crippen molar-refractivity contribution in [2.75, 3.05) is 0 Å². The van der Waals surface area contributed by atoms with Gasteiger partial charge >= 0.3 is 0 Å². The van der Waals surface area contributed by atoms with Gasteiger partial charge < -0.3 is 5.32 Å². The van der Waals surface area contributed by atoms with E-state index >= 15 is 0 Å². The van der Waals surface area contributed by atoms with Crippen LogP contribution in [0.4, 0.5) is 0 Å². The summed E-state index contributed by atoms with van der Waals surface area (Å²) in [5.41, 5.74) is 1.59. The first-order valence-electron chi connectivity index (χ1n) is 4.91. The van der Waals surface area contributed by atoms with Gasteiger partial charge in [0.2, 0.25) is 0 Å². The molecule has 0 amide bonds. The first-order chi connectivity index (χ1) is 6.23. The summed E-state index contributed by atoms with van der Waals surface area (Å²) < 4.78 is 0. The van der Waals surface area contributed by atoms with Gasteiger partial charge in [-0.2, -0.15) is 0 Å². The van der Waals surface area contributed by atoms with Gasteiger partial charge in [0.1, 0.15) is 0 Å². The number of nitrogens with one attached hydrogen (secondary N) is 1. The van der Waals surface area contributed by atoms with Crippen LogP contribution in [0, 0.1) is 0 Å². The van der Waals surface area contributed by atoms with Crippen LogP contribution in [0.15, 0.2) is 24.5 Å². The molecule has 1 fully saturated rings. The Morgan fingerprint density at radius 3 is 2.69 bits per heavy atom. The lowest BCUT2D eigenvalue weighted by Crippen LogP contribution is -2.34. The quantitative estimate of drug-likeness (QED) is 0.762. The highest BCUT2D eigenvalue weighted by molar-refractivity contribution is 5.27. The Labute approximate surface area is 79.4 Å². The molecule has 0 aliphatic heterocycles. The lowest BCUT2D eigenvalue weighted by molar-refractivity contribution is 0.460. The van der Waals surface area contributed by atoms with Crippen LogP contribution in [0.25, 0.3) is 0 Å². The predicted octanol–water partition coefficient (Wildman–Crippen LogP) is 2.07. The summed E-state index contributed by atoms with van der Waals surface area (Å²) in [6.07, 6.45) is 6.30. The van der Waals surface area contributed by atoms with E-state index in [0.29, 0.717) is 6.04 Å². The fourth-order valence-electron chi connectivity index (χ4n) is 1.84. The smallest absolute Gasteiger partial charge is 0.0453 e. The molecule has 0 unspecified atom stereocenters. The highest BCUT2D eigenvalue weighted by atomic mass is 15.0. The van der Waals surface area contributed by atoms with Gasteiger partial charge in [-0.25, -0.2) is 0 Å². The third-order valence-corrected chi connectivity index (χ3v) is 2.53. The minimum Gasteiger partial charge on any atom is -0.305 e. The van der Waals surface area contributed by atoms with Crippen molar-refractivity contribution in [2.45, 2.75) is 38.3 Å². The van der Waals surface area contributed by atoms with E-state index in [9.17, 15) is 0 Å². The number of aromatic nitrogens is 1. The van der Waals surface area contributed by atoms with Crippen molar-refractivity contribution in [2.24, 2.45) is 0 Å². The minimum atomic E-state index is 0.252. The maximum absolute atomic E-state index is 4.16. The molecule has 2 heteroatoms. The van der Waals surface area contributed by atoms with Gasteiger partial charge in [-0.1, -0.05) is 19.9 Å². The molecule has 0 aromatic carbocycles. The van der Waals surface area contributed by atoms with Crippen molar-refractivity contribution in [3.63, 3.8) is 0 Å². The standard InChI is InChI=1S/C11H16N2/c1-9(2)13-11(5-6-11)10-4-3-7-12-8-10/h3-4,7-9,13H,5-6H2,1-2H3. The van der Waals surface area contributed by atoms with Crippen LogP contribution in [-0.2, 0) is 5.54 Å². The molecule has 1 saturated carbocycles. The average Bonchev–Trinajstić information content (AvgIpc) is 2.86. The molecule has 2 nitrogen and oxygen atoms in total. The zero-order chi connectivity index (χ0) is 9.31. The van der Waals surface area contributed by atoms with Crippen LogP contribution in [-0.4, -0.2) is 11.0 Å². The Balaban J connectivity index is 2.16. The average molecular weight is 176 g/mol. The molecular formula is C11H16N2. The summed E-state index contributed by atoms with van der Waals surface area (Å²) in [7, 11) is 0. The van der Waals surface area contributed by atoms with Gasteiger partial charge in [-0.3, -0.25) is 4.98 Å². The van der Waals surface area contributed by atoms with Gasteiger partial charge in [-0.15, -0.1) is 0 Å². The summed E-state index contributed by atoms with van der Waals surface area (Å²) in [4.78, 5) is 4.16. The van der Waals surface area contributed by atoms with E-state index in [1.54, 1.807) is 0 Å². The molecule has 1 N–H and O–H groups in total. The summed E-state index contributed by atoms with van der Waals surface area (Å²) in [6, 6.07) is 4.72. The van der Waals surface area contributed by atoms with Crippen molar-refractivity contribution in [3.8, 4) is 0 Å². The fraction of sp³-hybridized carbons (Fsp3) is 0.545. The molecule has 0 saturated heterocycles. The Morgan fingerprint density at radius 2 is 2.23 bits per heavy atom. The monoisotopic (exact) mass is 176 g/mol. The van der Waals surface area contributed by atoms with E-state index in [-0.39, 0.29) is 5.54 Å². The molecular weight excluding hydrogens is 160 g/mol. The molecule has 0 radical (unpaired) electrons. The van der Waals surface area contributed by atoms with E-state index in [0.717, 1.165) is 0 Å². The largest absolute Gasteiger partial charge is 0.305 e. The molecule has 13 heavy (non-hydrogen) atoms. The first-order valence-corrected chi connectivity index (χ1v) is 4.91. The van der Waals surface area contributed by atoms with Gasteiger partial charge in [-0.05, 0) is 24.5 Å². The summed E-state index contributed by atoms with van der Waals surface area (Å²) in [5.74, 6) is 0. The number of pyridine rings is 1.